The maximum atomic E-state index is 14.7. The molecule has 3 aromatic rings. The average molecular weight is 795 g/mol. The zero-order chi connectivity index (χ0) is 39.1. The van der Waals surface area contributed by atoms with Gasteiger partial charge in [-0.1, -0.05) is 36.7 Å². The Balaban J connectivity index is 1.45. The lowest BCUT2D eigenvalue weighted by atomic mass is 9.70. The SMILES string of the molecule is COc1nc(OC)c(C(=O)N=CS2(=O)=NC(=O)c3ccc4c(c3)N(Cc3ccc(Cl)cc3CCCCO4)C[C@@H]3CC[C@H]3[C@@H](OC)/C=C/C[C@H](C)C2)c(OC)[nH+]1. The molecule has 1 unspecified atom stereocenters. The fraction of sp³-hybridized carbons (Fsp3) is 0.475. The Morgan fingerprint density at radius 1 is 1.07 bits per heavy atom. The summed E-state index contributed by atoms with van der Waals surface area (Å²) in [7, 11) is 2.26. The highest BCUT2D eigenvalue weighted by Crippen LogP contribution is 2.42. The molecule has 15 heteroatoms. The van der Waals surface area contributed by atoms with E-state index in [4.69, 9.17) is 35.3 Å². The molecule has 294 valence electrons. The minimum atomic E-state index is -3.55. The van der Waals surface area contributed by atoms with E-state index in [1.807, 2.05) is 25.1 Å². The van der Waals surface area contributed by atoms with Gasteiger partial charge in [0.05, 0.1) is 49.5 Å². The number of methoxy groups -OCH3 is 4. The number of fused-ring (bicyclic) bond motifs is 3. The molecular formula is C40H49ClN5O8S+. The first-order valence-corrected chi connectivity index (χ1v) is 20.6. The standard InChI is InChI=1S/C40H48ClN5O8S/c1-25-9-8-11-33(50-2)31-16-13-29(31)22-46-21-28-12-15-30(41)19-26(28)10-6-7-18-54-34-17-14-27(20-32(34)46)36(47)45-55(49,23-25)24-42-37(48)35-38(51-3)43-40(53-5)44-39(35)52-4/h8,11-12,14-15,17,19-20,24-25,29,31,33H,6-7,9-10,13,16,18,21-23H2,1-5H3/p+1/b11-8+,42-24?/t25-,29-,31+,33-,55?/m0/s1. The van der Waals surface area contributed by atoms with E-state index in [2.05, 4.69) is 36.4 Å². The molecular weight excluding hydrogens is 746 g/mol. The number of carbonyl (C=O) groups excluding carboxylic acids is 2. The van der Waals surface area contributed by atoms with E-state index in [-0.39, 0.29) is 52.6 Å². The number of hydrogen-bond acceptors (Lipinski definition) is 10. The monoisotopic (exact) mass is 794 g/mol. The lowest BCUT2D eigenvalue weighted by molar-refractivity contribution is -0.412. The van der Waals surface area contributed by atoms with Crippen LogP contribution in [0, 0.1) is 17.8 Å². The summed E-state index contributed by atoms with van der Waals surface area (Å²) >= 11 is 6.47. The zero-order valence-electron chi connectivity index (χ0n) is 31.9. The first kappa shape index (κ1) is 40.1. The third-order valence-electron chi connectivity index (χ3n) is 10.4. The molecule has 2 aliphatic heterocycles. The number of allylic oxidation sites excluding steroid dienone is 1. The highest BCUT2D eigenvalue weighted by Gasteiger charge is 2.38. The van der Waals surface area contributed by atoms with Gasteiger partial charge in [-0.05, 0) is 97.7 Å². The van der Waals surface area contributed by atoms with Crippen molar-refractivity contribution in [3.8, 4) is 23.5 Å². The third-order valence-corrected chi connectivity index (χ3v) is 12.6. The Kier molecular flexibility index (Phi) is 13.1. The smallest absolute Gasteiger partial charge is 0.491 e. The van der Waals surface area contributed by atoms with Crippen LogP contribution in [0.1, 0.15) is 70.9 Å². The van der Waals surface area contributed by atoms with E-state index in [1.165, 1.54) is 26.9 Å². The molecule has 5 atom stereocenters. The number of aryl methyl sites for hydroxylation is 1. The van der Waals surface area contributed by atoms with Crippen LogP contribution in [-0.4, -0.2) is 80.0 Å². The highest BCUT2D eigenvalue weighted by molar-refractivity contribution is 8.06. The molecule has 55 heavy (non-hydrogen) atoms. The summed E-state index contributed by atoms with van der Waals surface area (Å²) in [5, 5.41) is 0.696. The van der Waals surface area contributed by atoms with Crippen molar-refractivity contribution < 1.29 is 42.5 Å². The molecule has 13 nitrogen and oxygen atoms in total. The van der Waals surface area contributed by atoms with Gasteiger partial charge in [-0.3, -0.25) is 9.59 Å². The molecule has 0 radical (unpaired) electrons. The van der Waals surface area contributed by atoms with Crippen LogP contribution < -0.4 is 28.8 Å². The second kappa shape index (κ2) is 17.9. The number of anilines is 1. The second-order valence-electron chi connectivity index (χ2n) is 14.2. The summed E-state index contributed by atoms with van der Waals surface area (Å²) in [4.78, 5) is 40.9. The molecule has 1 saturated carbocycles. The average Bonchev–Trinajstić information content (AvgIpc) is 3.20. The summed E-state index contributed by atoms with van der Waals surface area (Å²) in [6.45, 7) is 3.70. The van der Waals surface area contributed by atoms with Crippen molar-refractivity contribution in [3.63, 3.8) is 0 Å². The molecule has 1 fully saturated rings. The van der Waals surface area contributed by atoms with Crippen molar-refractivity contribution in [2.24, 2.45) is 27.1 Å². The Hall–Kier alpha value is -4.53. The number of aromatic nitrogens is 2. The number of hydrogen-bond donors (Lipinski definition) is 0. The Bertz CT molecular complexity index is 2060. The van der Waals surface area contributed by atoms with Crippen molar-refractivity contribution in [1.82, 2.24) is 4.98 Å². The first-order chi connectivity index (χ1) is 26.5. The number of H-pyrrole nitrogens is 1. The van der Waals surface area contributed by atoms with Gasteiger partial charge in [-0.15, -0.1) is 0 Å². The zero-order valence-corrected chi connectivity index (χ0v) is 33.5. The van der Waals surface area contributed by atoms with E-state index in [1.54, 1.807) is 25.3 Å². The van der Waals surface area contributed by atoms with Gasteiger partial charge in [0.25, 0.3) is 11.8 Å². The summed E-state index contributed by atoms with van der Waals surface area (Å²) in [6.07, 6.45) is 9.30. The lowest BCUT2D eigenvalue weighted by Gasteiger charge is -2.43. The normalized spacial score (nSPS) is 25.2. The van der Waals surface area contributed by atoms with Gasteiger partial charge >= 0.3 is 17.8 Å². The molecule has 0 saturated heterocycles. The number of carbonyl (C=O) groups is 2. The molecule has 1 aliphatic carbocycles. The predicted molar refractivity (Wildman–Crippen MR) is 210 cm³/mol. The number of aliphatic imine (C=N–C) groups is 1. The van der Waals surface area contributed by atoms with Gasteiger partial charge in [0.15, 0.2) is 0 Å². The van der Waals surface area contributed by atoms with Crippen molar-refractivity contribution >= 4 is 44.4 Å². The second-order valence-corrected chi connectivity index (χ2v) is 16.8. The molecule has 2 amide bonds. The minimum absolute atomic E-state index is 0.0211. The van der Waals surface area contributed by atoms with Crippen molar-refractivity contribution in [3.05, 3.63) is 75.8 Å². The molecule has 6 rings (SSSR count). The van der Waals surface area contributed by atoms with Crippen LogP contribution in [0.2, 0.25) is 5.02 Å². The maximum absolute atomic E-state index is 14.7. The largest absolute Gasteiger partial charge is 0.502 e. The van der Waals surface area contributed by atoms with Crippen LogP contribution in [0.4, 0.5) is 5.69 Å². The van der Waals surface area contributed by atoms with Gasteiger partial charge in [0.1, 0.15) is 11.3 Å². The number of benzene rings is 2. The molecule has 1 aromatic heterocycles. The molecule has 2 bridgehead atoms. The van der Waals surface area contributed by atoms with Gasteiger partial charge in [-0.25, -0.2) is 9.20 Å². The Morgan fingerprint density at radius 3 is 2.64 bits per heavy atom. The van der Waals surface area contributed by atoms with Crippen LogP contribution >= 0.6 is 11.6 Å². The van der Waals surface area contributed by atoms with Gasteiger partial charge in [-0.2, -0.15) is 9.35 Å². The first-order valence-electron chi connectivity index (χ1n) is 18.5. The van der Waals surface area contributed by atoms with Crippen molar-refractivity contribution in [2.45, 2.75) is 58.1 Å². The number of amides is 2. The van der Waals surface area contributed by atoms with Gasteiger partial charge in [0.2, 0.25) is 5.56 Å². The number of halogens is 1. The van der Waals surface area contributed by atoms with E-state index in [0.717, 1.165) is 48.9 Å². The fourth-order valence-corrected chi connectivity index (χ4v) is 9.42. The van der Waals surface area contributed by atoms with E-state index in [9.17, 15) is 13.8 Å². The summed E-state index contributed by atoms with van der Waals surface area (Å²) in [5.41, 5.74) is 4.16. The van der Waals surface area contributed by atoms with E-state index in [0.29, 0.717) is 42.8 Å². The third kappa shape index (κ3) is 9.47. The van der Waals surface area contributed by atoms with Gasteiger partial charge < -0.3 is 28.6 Å². The van der Waals surface area contributed by atoms with E-state index < -0.39 is 21.5 Å². The molecule has 2 aromatic carbocycles. The molecule has 3 heterocycles. The summed E-state index contributed by atoms with van der Waals surface area (Å²) in [5.74, 6) is -0.649. The molecule has 0 spiro atoms. The summed E-state index contributed by atoms with van der Waals surface area (Å²) in [6, 6.07) is 11.3. The van der Waals surface area contributed by atoms with Gasteiger partial charge in [0, 0.05) is 41.5 Å². The number of nitrogens with one attached hydrogen (secondary N) is 1. The van der Waals surface area contributed by atoms with Crippen LogP contribution in [0.5, 0.6) is 23.5 Å². The minimum Gasteiger partial charge on any atom is -0.491 e. The number of aromatic amines is 1. The Labute approximate surface area is 327 Å². The van der Waals surface area contributed by atoms with Crippen LogP contribution in [-0.2, 0) is 27.4 Å². The number of ether oxygens (including phenoxy) is 5. The topological polar surface area (TPSA) is 152 Å². The highest BCUT2D eigenvalue weighted by atomic mass is 35.5. The quantitative estimate of drug-likeness (QED) is 0.156. The number of nitrogens with zero attached hydrogens (tertiary/aromatic N) is 4. The van der Waals surface area contributed by atoms with Crippen molar-refractivity contribution in [1.29, 1.82) is 0 Å². The van der Waals surface area contributed by atoms with E-state index >= 15 is 0 Å². The summed E-state index contributed by atoms with van der Waals surface area (Å²) < 4.78 is 47.2. The van der Waals surface area contributed by atoms with Crippen LogP contribution in [0.3, 0.4) is 0 Å². The maximum Gasteiger partial charge on any atom is 0.502 e. The predicted octanol–water partition coefficient (Wildman–Crippen LogP) is 6.41. The molecule has 1 N–H and O–H groups in total. The van der Waals surface area contributed by atoms with Crippen molar-refractivity contribution in [2.75, 3.05) is 52.2 Å². The molecule has 3 aliphatic rings. The Morgan fingerprint density at radius 2 is 1.91 bits per heavy atom. The van der Waals surface area contributed by atoms with Crippen LogP contribution in [0.15, 0.2) is 57.9 Å². The van der Waals surface area contributed by atoms with Crippen LogP contribution in [0.25, 0.3) is 0 Å². The number of rotatable bonds is 6. The fourth-order valence-electron chi connectivity index (χ4n) is 7.42. The lowest BCUT2D eigenvalue weighted by Crippen LogP contribution is -2.43.